The van der Waals surface area contributed by atoms with E-state index in [9.17, 15) is 19.6 Å². The maximum atomic E-state index is 12.4. The van der Waals surface area contributed by atoms with Crippen molar-refractivity contribution in [1.82, 2.24) is 0 Å². The number of benzene rings is 2. The molecule has 8 nitrogen and oxygen atoms in total. The van der Waals surface area contributed by atoms with Gasteiger partial charge in [-0.3, -0.25) is 4.79 Å². The number of ether oxygens (including phenoxy) is 3. The summed E-state index contributed by atoms with van der Waals surface area (Å²) in [6, 6.07) is 14.5. The highest BCUT2D eigenvalue weighted by atomic mass is 16.6. The largest absolute Gasteiger partial charge is 0.482 e. The average molecular weight is 408 g/mol. The first kappa shape index (κ1) is 22.2. The normalized spacial score (nSPS) is 10.5. The molecule has 0 spiro atoms. The second kappa shape index (κ2) is 11.0. The molecule has 2 aromatic carbocycles. The van der Waals surface area contributed by atoms with Crippen LogP contribution in [0.15, 0.2) is 54.1 Å². The summed E-state index contributed by atoms with van der Waals surface area (Å²) in [5, 5.41) is 11.9. The predicted octanol–water partition coefficient (Wildman–Crippen LogP) is 2.96. The fraction of sp³-hybridized carbons (Fsp3) is 0.182. The Morgan fingerprint density at radius 3 is 2.30 bits per heavy atom. The van der Waals surface area contributed by atoms with Gasteiger partial charge in [0, 0.05) is 5.69 Å². The van der Waals surface area contributed by atoms with E-state index in [0.29, 0.717) is 22.6 Å². The first-order valence-corrected chi connectivity index (χ1v) is 8.96. The van der Waals surface area contributed by atoms with Crippen molar-refractivity contribution in [2.75, 3.05) is 25.6 Å². The Balaban J connectivity index is 2.03. The highest BCUT2D eigenvalue weighted by Gasteiger charge is 2.11. The standard InChI is InChI=1S/C22H20N2O6/c1-3-29-22(27)16-6-8-18(9-7-16)24-21(26)17(13-23)12-15-4-10-19(11-5-15)30-14-20(25)28-2/h4-12H,3,14H2,1-2H3,(H,24,26)/b17-12+. The van der Waals surface area contributed by atoms with Gasteiger partial charge in [-0.1, -0.05) is 12.1 Å². The van der Waals surface area contributed by atoms with Gasteiger partial charge < -0.3 is 19.5 Å². The van der Waals surface area contributed by atoms with E-state index in [-0.39, 0.29) is 18.8 Å². The lowest BCUT2D eigenvalue weighted by Gasteiger charge is -2.07. The first-order valence-electron chi connectivity index (χ1n) is 8.96. The van der Waals surface area contributed by atoms with Crippen LogP contribution < -0.4 is 10.1 Å². The summed E-state index contributed by atoms with van der Waals surface area (Å²) < 4.78 is 14.6. The number of carbonyl (C=O) groups excluding carboxylic acids is 3. The average Bonchev–Trinajstić information content (AvgIpc) is 2.77. The Hall–Kier alpha value is -4.12. The first-order chi connectivity index (χ1) is 14.5. The lowest BCUT2D eigenvalue weighted by Crippen LogP contribution is -2.13. The maximum Gasteiger partial charge on any atom is 0.343 e. The molecule has 2 rings (SSSR count). The van der Waals surface area contributed by atoms with E-state index in [2.05, 4.69) is 10.1 Å². The van der Waals surface area contributed by atoms with Gasteiger partial charge in [0.15, 0.2) is 6.61 Å². The Morgan fingerprint density at radius 2 is 1.73 bits per heavy atom. The monoisotopic (exact) mass is 408 g/mol. The summed E-state index contributed by atoms with van der Waals surface area (Å²) in [6.45, 7) is 1.77. The zero-order valence-corrected chi connectivity index (χ0v) is 16.5. The molecule has 0 aliphatic heterocycles. The van der Waals surface area contributed by atoms with Gasteiger partial charge in [0.25, 0.3) is 5.91 Å². The molecule has 0 unspecified atom stereocenters. The van der Waals surface area contributed by atoms with Crippen LogP contribution in [-0.4, -0.2) is 38.2 Å². The molecular weight excluding hydrogens is 388 g/mol. The van der Waals surface area contributed by atoms with E-state index in [0.717, 1.165) is 0 Å². The zero-order chi connectivity index (χ0) is 21.9. The summed E-state index contributed by atoms with van der Waals surface area (Å²) in [5.41, 5.74) is 1.29. The Bertz CT molecular complexity index is 972. The zero-order valence-electron chi connectivity index (χ0n) is 16.5. The van der Waals surface area contributed by atoms with E-state index < -0.39 is 17.8 Å². The van der Waals surface area contributed by atoms with Crippen molar-refractivity contribution in [3.63, 3.8) is 0 Å². The maximum absolute atomic E-state index is 12.4. The predicted molar refractivity (Wildman–Crippen MR) is 109 cm³/mol. The Labute approximate surface area is 173 Å². The number of methoxy groups -OCH3 is 1. The number of anilines is 1. The number of esters is 2. The number of rotatable bonds is 8. The van der Waals surface area contributed by atoms with Crippen molar-refractivity contribution in [2.45, 2.75) is 6.92 Å². The minimum Gasteiger partial charge on any atom is -0.482 e. The van der Waals surface area contributed by atoms with E-state index in [1.165, 1.54) is 25.3 Å². The van der Waals surface area contributed by atoms with Gasteiger partial charge in [0.05, 0.1) is 19.3 Å². The van der Waals surface area contributed by atoms with Crippen molar-refractivity contribution in [3.8, 4) is 11.8 Å². The molecule has 30 heavy (non-hydrogen) atoms. The molecule has 0 aliphatic rings. The van der Waals surface area contributed by atoms with Crippen molar-refractivity contribution in [3.05, 3.63) is 65.2 Å². The van der Waals surface area contributed by atoms with Gasteiger partial charge in [-0.05, 0) is 55.0 Å². The third kappa shape index (κ3) is 6.49. The molecule has 0 saturated heterocycles. The fourth-order valence-corrected chi connectivity index (χ4v) is 2.28. The molecular formula is C22H20N2O6. The minimum atomic E-state index is -0.590. The molecule has 0 radical (unpaired) electrons. The topological polar surface area (TPSA) is 115 Å². The van der Waals surface area contributed by atoms with Crippen molar-refractivity contribution >= 4 is 29.6 Å². The highest BCUT2D eigenvalue weighted by Crippen LogP contribution is 2.16. The molecule has 1 amide bonds. The SMILES string of the molecule is CCOC(=O)c1ccc(NC(=O)/C(C#N)=C/c2ccc(OCC(=O)OC)cc2)cc1. The summed E-state index contributed by atoms with van der Waals surface area (Å²) in [5.74, 6) is -1.10. The van der Waals surface area contributed by atoms with Gasteiger partial charge >= 0.3 is 11.9 Å². The molecule has 0 aliphatic carbocycles. The second-order valence-electron chi connectivity index (χ2n) is 5.86. The molecule has 0 heterocycles. The number of amides is 1. The Kier molecular flexibility index (Phi) is 8.15. The lowest BCUT2D eigenvalue weighted by atomic mass is 10.1. The number of nitrogens with one attached hydrogen (secondary N) is 1. The quantitative estimate of drug-likeness (QED) is 0.406. The molecule has 0 atom stereocenters. The van der Waals surface area contributed by atoms with Crippen LogP contribution in [0.2, 0.25) is 0 Å². The molecule has 8 heteroatoms. The van der Waals surface area contributed by atoms with Gasteiger partial charge in [-0.15, -0.1) is 0 Å². The third-order valence-electron chi connectivity index (χ3n) is 3.79. The molecule has 2 aromatic rings. The summed E-state index contributed by atoms with van der Waals surface area (Å²) in [4.78, 5) is 35.1. The smallest absolute Gasteiger partial charge is 0.343 e. The Morgan fingerprint density at radius 1 is 1.07 bits per heavy atom. The number of carbonyl (C=O) groups is 3. The van der Waals surface area contributed by atoms with Crippen LogP contribution in [0.5, 0.6) is 5.75 Å². The summed E-state index contributed by atoms with van der Waals surface area (Å²) in [6.07, 6.45) is 1.42. The molecule has 1 N–H and O–H groups in total. The molecule has 154 valence electrons. The van der Waals surface area contributed by atoms with Gasteiger partial charge in [-0.2, -0.15) is 5.26 Å². The van der Waals surface area contributed by atoms with Crippen molar-refractivity contribution < 1.29 is 28.6 Å². The lowest BCUT2D eigenvalue weighted by molar-refractivity contribution is -0.142. The summed E-state index contributed by atoms with van der Waals surface area (Å²) >= 11 is 0. The summed E-state index contributed by atoms with van der Waals surface area (Å²) in [7, 11) is 1.27. The number of nitriles is 1. The van der Waals surface area contributed by atoms with Crippen LogP contribution in [-0.2, 0) is 19.1 Å². The molecule has 0 fully saturated rings. The van der Waals surface area contributed by atoms with E-state index in [4.69, 9.17) is 9.47 Å². The van der Waals surface area contributed by atoms with Crippen LogP contribution >= 0.6 is 0 Å². The number of nitrogens with zero attached hydrogens (tertiary/aromatic N) is 1. The third-order valence-corrected chi connectivity index (χ3v) is 3.79. The minimum absolute atomic E-state index is 0.104. The number of hydrogen-bond donors (Lipinski definition) is 1. The van der Waals surface area contributed by atoms with Gasteiger partial charge in [0.2, 0.25) is 0 Å². The number of hydrogen-bond acceptors (Lipinski definition) is 7. The van der Waals surface area contributed by atoms with Gasteiger partial charge in [-0.25, -0.2) is 9.59 Å². The van der Waals surface area contributed by atoms with Crippen LogP contribution in [0.3, 0.4) is 0 Å². The molecule has 0 aromatic heterocycles. The molecule has 0 bridgehead atoms. The fourth-order valence-electron chi connectivity index (χ4n) is 2.28. The van der Waals surface area contributed by atoms with Gasteiger partial charge in [0.1, 0.15) is 17.4 Å². The van der Waals surface area contributed by atoms with Crippen LogP contribution in [0.4, 0.5) is 5.69 Å². The van der Waals surface area contributed by atoms with Crippen LogP contribution in [0.1, 0.15) is 22.8 Å². The van der Waals surface area contributed by atoms with E-state index in [1.807, 2.05) is 6.07 Å². The van der Waals surface area contributed by atoms with E-state index >= 15 is 0 Å². The van der Waals surface area contributed by atoms with Crippen LogP contribution in [0.25, 0.3) is 6.08 Å². The van der Waals surface area contributed by atoms with Crippen molar-refractivity contribution in [2.24, 2.45) is 0 Å². The highest BCUT2D eigenvalue weighted by molar-refractivity contribution is 6.09. The molecule has 0 saturated carbocycles. The van der Waals surface area contributed by atoms with Crippen LogP contribution in [0, 0.1) is 11.3 Å². The van der Waals surface area contributed by atoms with Crippen molar-refractivity contribution in [1.29, 1.82) is 5.26 Å². The van der Waals surface area contributed by atoms with E-state index in [1.54, 1.807) is 43.3 Å². The second-order valence-corrected chi connectivity index (χ2v) is 5.86.